The van der Waals surface area contributed by atoms with E-state index in [4.69, 9.17) is 6.42 Å². The van der Waals surface area contributed by atoms with Gasteiger partial charge in [0.15, 0.2) is 0 Å². The summed E-state index contributed by atoms with van der Waals surface area (Å²) in [6, 6.07) is 4.58. The molecule has 12 heavy (non-hydrogen) atoms. The van der Waals surface area contributed by atoms with Crippen molar-refractivity contribution < 1.29 is 4.92 Å². The standard InChI is InChI=1S/C8H4BrNO2/c1-2-6-4-3-5-7(8(6)9)10(11)12/h1,3-5H. The van der Waals surface area contributed by atoms with Crippen molar-refractivity contribution >= 4 is 21.6 Å². The monoisotopic (exact) mass is 225 g/mol. The molecule has 0 radical (unpaired) electrons. The van der Waals surface area contributed by atoms with Crippen molar-refractivity contribution in [3.63, 3.8) is 0 Å². The number of terminal acetylenes is 1. The third kappa shape index (κ3) is 1.46. The molecule has 0 fully saturated rings. The lowest BCUT2D eigenvalue weighted by atomic mass is 10.2. The first-order valence-corrected chi connectivity index (χ1v) is 3.85. The second-order valence-electron chi connectivity index (χ2n) is 2.04. The summed E-state index contributed by atoms with van der Waals surface area (Å²) in [7, 11) is 0. The Labute approximate surface area is 77.7 Å². The first-order valence-electron chi connectivity index (χ1n) is 3.06. The molecule has 0 saturated heterocycles. The van der Waals surface area contributed by atoms with Crippen molar-refractivity contribution in [2.24, 2.45) is 0 Å². The fraction of sp³-hybridized carbons (Fsp3) is 0. The van der Waals surface area contributed by atoms with Crippen molar-refractivity contribution in [3.05, 3.63) is 38.3 Å². The lowest BCUT2D eigenvalue weighted by Gasteiger charge is -1.96. The highest BCUT2D eigenvalue weighted by atomic mass is 79.9. The molecule has 0 amide bonds. The van der Waals surface area contributed by atoms with E-state index in [2.05, 4.69) is 21.9 Å². The van der Waals surface area contributed by atoms with Gasteiger partial charge in [0.2, 0.25) is 0 Å². The van der Waals surface area contributed by atoms with Gasteiger partial charge in [0.25, 0.3) is 5.69 Å². The van der Waals surface area contributed by atoms with Gasteiger partial charge in [-0.2, -0.15) is 0 Å². The van der Waals surface area contributed by atoms with E-state index in [9.17, 15) is 10.1 Å². The molecule has 1 aromatic rings. The molecule has 3 nitrogen and oxygen atoms in total. The van der Waals surface area contributed by atoms with Crippen molar-refractivity contribution in [1.29, 1.82) is 0 Å². The Hall–Kier alpha value is -1.34. The number of hydrogen-bond donors (Lipinski definition) is 0. The Kier molecular flexibility index (Phi) is 2.46. The molecule has 60 valence electrons. The molecule has 0 saturated carbocycles. The number of rotatable bonds is 1. The van der Waals surface area contributed by atoms with Gasteiger partial charge in [0.05, 0.1) is 4.92 Å². The molecule has 4 heteroatoms. The molecule has 0 unspecified atom stereocenters. The van der Waals surface area contributed by atoms with Crippen LogP contribution in [0.15, 0.2) is 22.7 Å². The lowest BCUT2D eigenvalue weighted by molar-refractivity contribution is -0.385. The number of nitrogens with zero attached hydrogens (tertiary/aromatic N) is 1. The molecule has 0 spiro atoms. The molecule has 1 rings (SSSR count). The van der Waals surface area contributed by atoms with E-state index < -0.39 is 4.92 Å². The van der Waals surface area contributed by atoms with E-state index in [1.54, 1.807) is 12.1 Å². The van der Waals surface area contributed by atoms with Gasteiger partial charge < -0.3 is 0 Å². The zero-order valence-corrected chi connectivity index (χ0v) is 7.54. The molecular weight excluding hydrogens is 222 g/mol. The van der Waals surface area contributed by atoms with Crippen molar-refractivity contribution in [2.45, 2.75) is 0 Å². The van der Waals surface area contributed by atoms with Crippen LogP contribution in [0, 0.1) is 22.5 Å². The Balaban J connectivity index is 3.35. The Morgan fingerprint density at radius 3 is 2.75 bits per heavy atom. The second-order valence-corrected chi connectivity index (χ2v) is 2.83. The van der Waals surface area contributed by atoms with Gasteiger partial charge in [0.1, 0.15) is 4.47 Å². The summed E-state index contributed by atoms with van der Waals surface area (Å²) >= 11 is 3.06. The molecule has 0 aliphatic rings. The van der Waals surface area contributed by atoms with Crippen LogP contribution in [0.2, 0.25) is 0 Å². The maximum Gasteiger partial charge on any atom is 0.284 e. The fourth-order valence-electron chi connectivity index (χ4n) is 0.772. The average molecular weight is 226 g/mol. The fourth-order valence-corrected chi connectivity index (χ4v) is 1.30. The zero-order chi connectivity index (χ0) is 9.14. The maximum absolute atomic E-state index is 10.4. The second kappa shape index (κ2) is 3.37. The summed E-state index contributed by atoms with van der Waals surface area (Å²) in [6.07, 6.45) is 5.12. The van der Waals surface area contributed by atoms with E-state index in [0.29, 0.717) is 10.0 Å². The number of benzene rings is 1. The largest absolute Gasteiger partial charge is 0.284 e. The van der Waals surface area contributed by atoms with Gasteiger partial charge in [-0.15, -0.1) is 6.42 Å². The zero-order valence-electron chi connectivity index (χ0n) is 5.95. The number of halogens is 1. The minimum atomic E-state index is -0.481. The molecule has 0 aliphatic heterocycles. The first kappa shape index (κ1) is 8.75. The molecule has 0 bridgehead atoms. The van der Waals surface area contributed by atoms with Gasteiger partial charge in [-0.1, -0.05) is 12.0 Å². The summed E-state index contributed by atoms with van der Waals surface area (Å²) in [4.78, 5) is 9.92. The van der Waals surface area contributed by atoms with Crippen LogP contribution in [-0.4, -0.2) is 4.92 Å². The predicted octanol–water partition coefficient (Wildman–Crippen LogP) is 2.34. The molecular formula is C8H4BrNO2. The van der Waals surface area contributed by atoms with E-state index in [-0.39, 0.29) is 5.69 Å². The van der Waals surface area contributed by atoms with Crippen LogP contribution in [0.3, 0.4) is 0 Å². The van der Waals surface area contributed by atoms with Gasteiger partial charge in [-0.3, -0.25) is 10.1 Å². The van der Waals surface area contributed by atoms with Crippen LogP contribution in [-0.2, 0) is 0 Å². The molecule has 0 aliphatic carbocycles. The van der Waals surface area contributed by atoms with Gasteiger partial charge >= 0.3 is 0 Å². The van der Waals surface area contributed by atoms with E-state index in [1.165, 1.54) is 6.07 Å². The molecule has 0 heterocycles. The summed E-state index contributed by atoms with van der Waals surface area (Å²) in [5.74, 6) is 2.34. The number of nitro benzene ring substituents is 1. The van der Waals surface area contributed by atoms with E-state index in [0.717, 1.165) is 0 Å². The quantitative estimate of drug-likeness (QED) is 0.419. The Morgan fingerprint density at radius 2 is 2.25 bits per heavy atom. The van der Waals surface area contributed by atoms with E-state index in [1.807, 2.05) is 0 Å². The van der Waals surface area contributed by atoms with Gasteiger partial charge in [-0.05, 0) is 22.0 Å². The van der Waals surface area contributed by atoms with Crippen LogP contribution in [0.5, 0.6) is 0 Å². The van der Waals surface area contributed by atoms with Crippen LogP contribution in [0.1, 0.15) is 5.56 Å². The maximum atomic E-state index is 10.4. The highest BCUT2D eigenvalue weighted by molar-refractivity contribution is 9.10. The smallest absolute Gasteiger partial charge is 0.258 e. The molecule has 0 N–H and O–H groups in total. The van der Waals surface area contributed by atoms with Crippen LogP contribution >= 0.6 is 15.9 Å². The Morgan fingerprint density at radius 1 is 1.58 bits per heavy atom. The van der Waals surface area contributed by atoms with Crippen molar-refractivity contribution in [1.82, 2.24) is 0 Å². The minimum Gasteiger partial charge on any atom is -0.258 e. The highest BCUT2D eigenvalue weighted by Crippen LogP contribution is 2.27. The predicted molar refractivity (Wildman–Crippen MR) is 48.7 cm³/mol. The molecule has 0 aromatic heterocycles. The molecule has 1 aromatic carbocycles. The van der Waals surface area contributed by atoms with E-state index >= 15 is 0 Å². The number of nitro groups is 1. The highest BCUT2D eigenvalue weighted by Gasteiger charge is 2.12. The van der Waals surface area contributed by atoms with Crippen LogP contribution in [0.25, 0.3) is 0 Å². The normalized spacial score (nSPS) is 9.00. The topological polar surface area (TPSA) is 43.1 Å². The summed E-state index contributed by atoms with van der Waals surface area (Å²) in [6.45, 7) is 0. The average Bonchev–Trinajstić information content (AvgIpc) is 2.04. The minimum absolute atomic E-state index is 0.00884. The van der Waals surface area contributed by atoms with Gasteiger partial charge in [-0.25, -0.2) is 0 Å². The van der Waals surface area contributed by atoms with Crippen molar-refractivity contribution in [2.75, 3.05) is 0 Å². The van der Waals surface area contributed by atoms with Crippen LogP contribution < -0.4 is 0 Å². The Bertz CT molecular complexity index is 368. The lowest BCUT2D eigenvalue weighted by Crippen LogP contribution is -1.90. The first-order chi connectivity index (χ1) is 5.66. The summed E-state index contributed by atoms with van der Waals surface area (Å²) in [5, 5.41) is 10.4. The summed E-state index contributed by atoms with van der Waals surface area (Å²) < 4.78 is 0.359. The number of hydrogen-bond acceptors (Lipinski definition) is 2. The summed E-state index contributed by atoms with van der Waals surface area (Å²) in [5.41, 5.74) is 0.481. The van der Waals surface area contributed by atoms with Gasteiger partial charge in [0, 0.05) is 11.6 Å². The third-order valence-corrected chi connectivity index (χ3v) is 2.16. The third-order valence-electron chi connectivity index (χ3n) is 1.33. The molecule has 0 atom stereocenters. The van der Waals surface area contributed by atoms with Crippen LogP contribution in [0.4, 0.5) is 5.69 Å². The SMILES string of the molecule is C#Cc1cccc([N+](=O)[O-])c1Br. The van der Waals surface area contributed by atoms with Crippen molar-refractivity contribution in [3.8, 4) is 12.3 Å².